The Hall–Kier alpha value is -4.84. The zero-order chi connectivity index (χ0) is 32.4. The fraction of sp³-hybridized carbons (Fsp3) is 0.394. The van der Waals surface area contributed by atoms with Gasteiger partial charge in [-0.15, -0.1) is 0 Å². The number of nitrogens with zero attached hydrogens (tertiary/aromatic N) is 3. The second-order valence-electron chi connectivity index (χ2n) is 11.4. The van der Waals surface area contributed by atoms with Crippen LogP contribution < -0.4 is 25.4 Å². The summed E-state index contributed by atoms with van der Waals surface area (Å²) in [7, 11) is 0. The Morgan fingerprint density at radius 2 is 1.56 bits per heavy atom. The molecule has 1 aromatic heterocycles. The molecule has 45 heavy (non-hydrogen) atoms. The molecular weight excluding hydrogens is 576 g/mol. The van der Waals surface area contributed by atoms with E-state index in [1.165, 1.54) is 0 Å². The molecule has 2 aromatic carbocycles. The number of likely N-dealkylation sites (N-methyl/N-ethyl adjacent to an activating group) is 1. The van der Waals surface area contributed by atoms with Crippen LogP contribution in [0.15, 0.2) is 60.8 Å². The first kappa shape index (κ1) is 33.1. The average molecular weight is 619 g/mol. The maximum Gasteiger partial charge on any atom is 0.412 e. The lowest BCUT2D eigenvalue weighted by molar-refractivity contribution is 0.0635. The molecule has 2 heterocycles. The van der Waals surface area contributed by atoms with Crippen LogP contribution in [0.1, 0.15) is 50.7 Å². The molecule has 0 aliphatic carbocycles. The van der Waals surface area contributed by atoms with Crippen molar-refractivity contribution in [2.45, 2.75) is 46.8 Å². The SMILES string of the molecule is CCN(CC)CCN(Cc1ccc(C(=O)Nc2ccccc2NC(=O)OC(C)(C)C)nc1)C(=O)Nc1ccc2c(c1)OCCO2. The molecule has 4 rings (SSSR count). The zero-order valence-electron chi connectivity index (χ0n) is 26.5. The highest BCUT2D eigenvalue weighted by Gasteiger charge is 2.20. The third-order valence-corrected chi connectivity index (χ3v) is 6.90. The third kappa shape index (κ3) is 9.83. The van der Waals surface area contributed by atoms with Gasteiger partial charge in [-0.3, -0.25) is 15.1 Å². The van der Waals surface area contributed by atoms with Gasteiger partial charge in [0.15, 0.2) is 11.5 Å². The number of hydrogen-bond donors (Lipinski definition) is 3. The molecule has 12 heteroatoms. The Morgan fingerprint density at radius 3 is 2.20 bits per heavy atom. The molecular formula is C33H42N6O6. The van der Waals surface area contributed by atoms with E-state index in [0.29, 0.717) is 54.9 Å². The van der Waals surface area contributed by atoms with Gasteiger partial charge in [-0.25, -0.2) is 9.59 Å². The molecule has 240 valence electrons. The maximum atomic E-state index is 13.4. The Kier molecular flexibility index (Phi) is 11.2. The molecule has 0 atom stereocenters. The number of benzene rings is 2. The highest BCUT2D eigenvalue weighted by atomic mass is 16.6. The number of ether oxygens (including phenoxy) is 3. The van der Waals surface area contributed by atoms with E-state index in [4.69, 9.17) is 14.2 Å². The van der Waals surface area contributed by atoms with Gasteiger partial charge >= 0.3 is 12.1 Å². The summed E-state index contributed by atoms with van der Waals surface area (Å²) in [6, 6.07) is 15.3. The monoisotopic (exact) mass is 618 g/mol. The van der Waals surface area contributed by atoms with Crippen molar-refractivity contribution >= 4 is 35.1 Å². The molecule has 0 saturated carbocycles. The van der Waals surface area contributed by atoms with Crippen LogP contribution in [-0.4, -0.2) is 77.8 Å². The largest absolute Gasteiger partial charge is 0.486 e. The van der Waals surface area contributed by atoms with Crippen LogP contribution in [0.3, 0.4) is 0 Å². The van der Waals surface area contributed by atoms with E-state index in [1.54, 1.807) is 86.5 Å². The van der Waals surface area contributed by atoms with Crippen molar-refractivity contribution in [1.82, 2.24) is 14.8 Å². The van der Waals surface area contributed by atoms with Gasteiger partial charge in [-0.05, 0) is 69.8 Å². The standard InChI is InChI=1S/C33H42N6O6/c1-6-38(7-2)16-17-39(31(41)35-24-13-15-28-29(20-24)44-19-18-43-28)22-23-12-14-27(34-21-23)30(40)36-25-10-8-9-11-26(25)37-32(42)45-33(3,4)5/h8-15,20-21H,6-7,16-19,22H2,1-5H3,(H,35,41)(H,36,40)(H,37,42). The summed E-state index contributed by atoms with van der Waals surface area (Å²) in [6.45, 7) is 13.6. The van der Waals surface area contributed by atoms with Gasteiger partial charge in [0.25, 0.3) is 5.91 Å². The molecule has 0 saturated heterocycles. The summed E-state index contributed by atoms with van der Waals surface area (Å²) >= 11 is 0. The van der Waals surface area contributed by atoms with Crippen molar-refractivity contribution in [1.29, 1.82) is 0 Å². The number of para-hydroxylation sites is 2. The Balaban J connectivity index is 1.43. The van der Waals surface area contributed by atoms with Crippen LogP contribution in [-0.2, 0) is 11.3 Å². The number of fused-ring (bicyclic) bond motifs is 1. The predicted octanol–water partition coefficient (Wildman–Crippen LogP) is 5.83. The summed E-state index contributed by atoms with van der Waals surface area (Å²) in [4.78, 5) is 47.1. The van der Waals surface area contributed by atoms with Crippen molar-refractivity contribution in [3.63, 3.8) is 0 Å². The van der Waals surface area contributed by atoms with Crippen molar-refractivity contribution < 1.29 is 28.6 Å². The van der Waals surface area contributed by atoms with Gasteiger partial charge in [-0.1, -0.05) is 32.0 Å². The highest BCUT2D eigenvalue weighted by molar-refractivity contribution is 6.05. The van der Waals surface area contributed by atoms with Crippen LogP contribution in [0, 0.1) is 0 Å². The van der Waals surface area contributed by atoms with E-state index in [9.17, 15) is 14.4 Å². The van der Waals surface area contributed by atoms with Gasteiger partial charge in [0.05, 0.1) is 11.4 Å². The maximum absolute atomic E-state index is 13.4. The lowest BCUT2D eigenvalue weighted by atomic mass is 10.2. The van der Waals surface area contributed by atoms with Crippen molar-refractivity contribution in [2.75, 3.05) is 55.3 Å². The number of urea groups is 1. The van der Waals surface area contributed by atoms with Gasteiger partial charge in [0.2, 0.25) is 0 Å². The van der Waals surface area contributed by atoms with Gasteiger partial charge in [0.1, 0.15) is 24.5 Å². The number of nitrogens with one attached hydrogen (secondary N) is 3. The quantitative estimate of drug-likeness (QED) is 0.245. The molecule has 0 fully saturated rings. The van der Waals surface area contributed by atoms with E-state index in [0.717, 1.165) is 18.7 Å². The van der Waals surface area contributed by atoms with Gasteiger partial charge < -0.3 is 34.6 Å². The Labute approximate surface area is 264 Å². The van der Waals surface area contributed by atoms with E-state index >= 15 is 0 Å². The minimum absolute atomic E-state index is 0.182. The van der Waals surface area contributed by atoms with Crippen LogP contribution in [0.2, 0.25) is 0 Å². The molecule has 1 aliphatic rings. The number of amides is 4. The normalized spacial score (nSPS) is 12.3. The van der Waals surface area contributed by atoms with Crippen LogP contribution in [0.25, 0.3) is 0 Å². The number of pyridine rings is 1. The zero-order valence-corrected chi connectivity index (χ0v) is 26.5. The first-order valence-corrected chi connectivity index (χ1v) is 15.1. The number of aromatic nitrogens is 1. The lowest BCUT2D eigenvalue weighted by Crippen LogP contribution is -2.40. The van der Waals surface area contributed by atoms with Crippen LogP contribution in [0.5, 0.6) is 11.5 Å². The Morgan fingerprint density at radius 1 is 0.867 bits per heavy atom. The van der Waals surface area contributed by atoms with Crippen molar-refractivity contribution in [3.8, 4) is 11.5 Å². The lowest BCUT2D eigenvalue weighted by Gasteiger charge is -2.27. The number of carbonyl (C=O) groups excluding carboxylic acids is 3. The minimum Gasteiger partial charge on any atom is -0.486 e. The second kappa shape index (κ2) is 15.2. The summed E-state index contributed by atoms with van der Waals surface area (Å²) in [5, 5.41) is 8.44. The predicted molar refractivity (Wildman–Crippen MR) is 173 cm³/mol. The fourth-order valence-corrected chi connectivity index (χ4v) is 4.55. The number of anilines is 3. The topological polar surface area (TPSA) is 134 Å². The average Bonchev–Trinajstić information content (AvgIpc) is 3.01. The third-order valence-electron chi connectivity index (χ3n) is 6.90. The number of carbonyl (C=O) groups is 3. The molecule has 3 N–H and O–H groups in total. The van der Waals surface area contributed by atoms with Crippen molar-refractivity contribution in [2.24, 2.45) is 0 Å². The molecule has 0 bridgehead atoms. The van der Waals surface area contributed by atoms with E-state index < -0.39 is 17.6 Å². The first-order chi connectivity index (χ1) is 21.5. The molecule has 12 nitrogen and oxygen atoms in total. The van der Waals surface area contributed by atoms with Gasteiger partial charge in [-0.2, -0.15) is 0 Å². The first-order valence-electron chi connectivity index (χ1n) is 15.1. The molecule has 1 aliphatic heterocycles. The molecule has 3 aromatic rings. The fourth-order valence-electron chi connectivity index (χ4n) is 4.55. The van der Waals surface area contributed by atoms with Crippen LogP contribution in [0.4, 0.5) is 26.7 Å². The summed E-state index contributed by atoms with van der Waals surface area (Å²) in [5.41, 5.74) is 1.67. The summed E-state index contributed by atoms with van der Waals surface area (Å²) in [5.74, 6) is 0.792. The molecule has 0 spiro atoms. The molecule has 0 unspecified atom stereocenters. The van der Waals surface area contributed by atoms with Gasteiger partial charge in [0, 0.05) is 37.6 Å². The van der Waals surface area contributed by atoms with Crippen LogP contribution >= 0.6 is 0 Å². The van der Waals surface area contributed by atoms with E-state index in [-0.39, 0.29) is 18.3 Å². The van der Waals surface area contributed by atoms with Crippen molar-refractivity contribution in [3.05, 3.63) is 72.1 Å². The smallest absolute Gasteiger partial charge is 0.412 e. The summed E-state index contributed by atoms with van der Waals surface area (Å²) in [6.07, 6.45) is 0.955. The van der Waals surface area contributed by atoms with E-state index in [2.05, 4.69) is 39.7 Å². The number of rotatable bonds is 11. The molecule has 0 radical (unpaired) electrons. The molecule has 4 amide bonds. The number of hydrogen-bond acceptors (Lipinski definition) is 8. The second-order valence-corrected chi connectivity index (χ2v) is 11.4. The van der Waals surface area contributed by atoms with E-state index in [1.807, 2.05) is 0 Å². The minimum atomic E-state index is -0.666. The highest BCUT2D eigenvalue weighted by Crippen LogP contribution is 2.32. The summed E-state index contributed by atoms with van der Waals surface area (Å²) < 4.78 is 16.6. The Bertz CT molecular complexity index is 1470.